The van der Waals surface area contributed by atoms with Gasteiger partial charge in [-0.1, -0.05) is 41.5 Å². The summed E-state index contributed by atoms with van der Waals surface area (Å²) in [4.78, 5) is 51.9. The minimum atomic E-state index is -0.540. The molecule has 1 aromatic heterocycles. The number of hydroxylamine groups is 2. The van der Waals surface area contributed by atoms with Crippen LogP contribution >= 0.6 is 11.6 Å². The van der Waals surface area contributed by atoms with Crippen LogP contribution < -0.4 is 19.2 Å². The van der Waals surface area contributed by atoms with Crippen LogP contribution in [0.5, 0.6) is 17.2 Å². The molecule has 0 unspecified atom stereocenters. The van der Waals surface area contributed by atoms with E-state index in [4.69, 9.17) is 25.9 Å². The lowest BCUT2D eigenvalue weighted by atomic mass is 9.95. The number of hydrogen-bond donors (Lipinski definition) is 1. The number of carbonyl (C=O) groups is 3. The highest BCUT2D eigenvalue weighted by Gasteiger charge is 2.40. The molecule has 3 aliphatic rings. The van der Waals surface area contributed by atoms with Gasteiger partial charge in [-0.05, 0) is 54.0 Å². The predicted octanol–water partition coefficient (Wildman–Crippen LogP) is 6.79. The summed E-state index contributed by atoms with van der Waals surface area (Å²) >= 11 is 6.51. The van der Waals surface area contributed by atoms with Gasteiger partial charge in [-0.25, -0.2) is 0 Å². The van der Waals surface area contributed by atoms with Gasteiger partial charge in [0.2, 0.25) is 0 Å². The second-order valence-electron chi connectivity index (χ2n) is 11.6. The fourth-order valence-electron chi connectivity index (χ4n) is 6.80. The van der Waals surface area contributed by atoms with E-state index in [1.165, 1.54) is 0 Å². The third kappa shape index (κ3) is 4.10. The lowest BCUT2D eigenvalue weighted by molar-refractivity contribution is -0.0132. The van der Waals surface area contributed by atoms with Gasteiger partial charge < -0.3 is 24.2 Å². The third-order valence-electron chi connectivity index (χ3n) is 9.02. The average Bonchev–Trinajstić information content (AvgIpc) is 3.64. The first kappa shape index (κ1) is 27.5. The largest absolute Gasteiger partial charge is 0.493 e. The zero-order valence-electron chi connectivity index (χ0n) is 24.6. The maximum Gasteiger partial charge on any atom is 0.295 e. The van der Waals surface area contributed by atoms with Crippen LogP contribution in [0.2, 0.25) is 0 Å². The van der Waals surface area contributed by atoms with Crippen molar-refractivity contribution >= 4 is 56.7 Å². The zero-order valence-corrected chi connectivity index (χ0v) is 25.3. The van der Waals surface area contributed by atoms with Gasteiger partial charge in [-0.2, -0.15) is 0 Å². The maximum atomic E-state index is 14.3. The molecule has 1 atom stereocenters. The summed E-state index contributed by atoms with van der Waals surface area (Å²) in [6, 6.07) is 19.7. The SMILES string of the molecule is COc1cc2cc(C(=O)N3C[C@@H](CCl)c4c3cc(ON3C(=O)c5ccccc5C3=O)c3ccccc43)[nH]c2c(C2CC2)c1OC. The number of imide groups is 1. The molecule has 1 N–H and O–H groups in total. The second kappa shape index (κ2) is 10.3. The summed E-state index contributed by atoms with van der Waals surface area (Å²) in [6.07, 6.45) is 2.08. The van der Waals surface area contributed by atoms with Crippen molar-refractivity contribution in [2.45, 2.75) is 24.7 Å². The molecule has 0 radical (unpaired) electrons. The number of H-pyrrole nitrogens is 1. The van der Waals surface area contributed by atoms with E-state index < -0.39 is 11.8 Å². The molecule has 3 heterocycles. The van der Waals surface area contributed by atoms with Crippen molar-refractivity contribution in [3.8, 4) is 17.2 Å². The summed E-state index contributed by atoms with van der Waals surface area (Å²) in [5, 5.41) is 3.19. The molecule has 226 valence electrons. The van der Waals surface area contributed by atoms with Crippen LogP contribution in [0.15, 0.2) is 66.7 Å². The van der Waals surface area contributed by atoms with Crippen molar-refractivity contribution in [3.63, 3.8) is 0 Å². The van der Waals surface area contributed by atoms with E-state index in [9.17, 15) is 14.4 Å². The smallest absolute Gasteiger partial charge is 0.295 e. The van der Waals surface area contributed by atoms with Crippen LogP contribution in [0, 0.1) is 0 Å². The summed E-state index contributed by atoms with van der Waals surface area (Å²) in [7, 11) is 3.24. The van der Waals surface area contributed by atoms with Gasteiger partial charge in [-0.15, -0.1) is 11.6 Å². The molecule has 1 saturated carbocycles. The Hall–Kier alpha value is -5.02. The molecule has 1 aliphatic carbocycles. The Morgan fingerprint density at radius 2 is 1.58 bits per heavy atom. The number of rotatable bonds is 7. The fraction of sp³-hybridized carbons (Fsp3) is 0.229. The van der Waals surface area contributed by atoms with E-state index >= 15 is 0 Å². The number of hydrogen-bond acceptors (Lipinski definition) is 6. The first-order valence-corrected chi connectivity index (χ1v) is 15.3. The highest BCUT2D eigenvalue weighted by molar-refractivity contribution is 6.21. The maximum absolute atomic E-state index is 14.3. The number of aromatic nitrogens is 1. The lowest BCUT2D eigenvalue weighted by Crippen LogP contribution is -2.33. The number of carbonyl (C=O) groups excluding carboxylic acids is 3. The van der Waals surface area contributed by atoms with Crippen LogP contribution in [0.3, 0.4) is 0 Å². The van der Waals surface area contributed by atoms with Gasteiger partial charge in [0.05, 0.1) is 36.6 Å². The fourth-order valence-corrected chi connectivity index (χ4v) is 7.05. The van der Waals surface area contributed by atoms with Crippen molar-refractivity contribution in [1.29, 1.82) is 0 Å². The van der Waals surface area contributed by atoms with Crippen LogP contribution in [0.25, 0.3) is 21.7 Å². The molecule has 0 spiro atoms. The molecule has 5 aromatic rings. The van der Waals surface area contributed by atoms with Gasteiger partial charge in [0.1, 0.15) is 5.69 Å². The van der Waals surface area contributed by atoms with Crippen LogP contribution in [-0.2, 0) is 0 Å². The van der Waals surface area contributed by atoms with Gasteiger partial charge in [0.25, 0.3) is 17.7 Å². The van der Waals surface area contributed by atoms with Gasteiger partial charge in [-0.3, -0.25) is 14.4 Å². The van der Waals surface area contributed by atoms with E-state index in [-0.39, 0.29) is 28.7 Å². The lowest BCUT2D eigenvalue weighted by Gasteiger charge is -2.21. The molecule has 3 amide bonds. The molecule has 0 bridgehead atoms. The Morgan fingerprint density at radius 1 is 0.889 bits per heavy atom. The topological polar surface area (TPSA) is 101 Å². The quantitative estimate of drug-likeness (QED) is 0.159. The number of aromatic amines is 1. The first-order valence-electron chi connectivity index (χ1n) is 14.8. The van der Waals surface area contributed by atoms with Crippen LogP contribution in [-0.4, -0.2) is 54.4 Å². The summed E-state index contributed by atoms with van der Waals surface area (Å²) < 4.78 is 11.4. The monoisotopic (exact) mass is 621 g/mol. The summed E-state index contributed by atoms with van der Waals surface area (Å²) in [6.45, 7) is 0.357. The third-order valence-corrected chi connectivity index (χ3v) is 9.39. The van der Waals surface area contributed by atoms with Crippen molar-refractivity contribution in [2.24, 2.45) is 0 Å². The van der Waals surface area contributed by atoms with Gasteiger partial charge >= 0.3 is 0 Å². The van der Waals surface area contributed by atoms with E-state index in [1.807, 2.05) is 36.4 Å². The summed E-state index contributed by atoms with van der Waals surface area (Å²) in [5.41, 5.74) is 4.40. The average molecular weight is 622 g/mol. The Labute approximate surface area is 263 Å². The molecule has 8 rings (SSSR count). The molecule has 10 heteroatoms. The second-order valence-corrected chi connectivity index (χ2v) is 11.9. The van der Waals surface area contributed by atoms with E-state index in [2.05, 4.69) is 4.98 Å². The minimum absolute atomic E-state index is 0.143. The minimum Gasteiger partial charge on any atom is -0.493 e. The molecule has 1 fully saturated rings. The molecule has 9 nitrogen and oxygen atoms in total. The number of fused-ring (bicyclic) bond motifs is 5. The van der Waals surface area contributed by atoms with E-state index in [1.54, 1.807) is 49.5 Å². The normalized spacial score (nSPS) is 17.3. The molecular formula is C35H28ClN3O6. The molecular weight excluding hydrogens is 594 g/mol. The molecule has 45 heavy (non-hydrogen) atoms. The highest BCUT2D eigenvalue weighted by Crippen LogP contribution is 2.51. The highest BCUT2D eigenvalue weighted by atomic mass is 35.5. The van der Waals surface area contributed by atoms with Crippen LogP contribution in [0.1, 0.15) is 67.0 Å². The Bertz CT molecular complexity index is 2050. The molecule has 4 aromatic carbocycles. The number of methoxy groups -OCH3 is 2. The van der Waals surface area contributed by atoms with Crippen molar-refractivity contribution < 1.29 is 28.7 Å². The molecule has 0 saturated heterocycles. The Balaban J connectivity index is 1.23. The first-order chi connectivity index (χ1) is 21.9. The summed E-state index contributed by atoms with van der Waals surface area (Å²) in [5.74, 6) is 0.770. The Morgan fingerprint density at radius 3 is 2.22 bits per heavy atom. The van der Waals surface area contributed by atoms with Gasteiger partial charge in [0.15, 0.2) is 17.2 Å². The van der Waals surface area contributed by atoms with Crippen molar-refractivity contribution in [1.82, 2.24) is 10.0 Å². The number of nitrogens with zero attached hydrogens (tertiary/aromatic N) is 2. The van der Waals surface area contributed by atoms with Crippen molar-refractivity contribution in [2.75, 3.05) is 31.5 Å². The van der Waals surface area contributed by atoms with Gasteiger partial charge in [0, 0.05) is 40.7 Å². The van der Waals surface area contributed by atoms with E-state index in [0.717, 1.165) is 45.3 Å². The number of nitrogens with one attached hydrogen (secondary N) is 1. The van der Waals surface area contributed by atoms with E-state index in [0.29, 0.717) is 46.6 Å². The predicted molar refractivity (Wildman–Crippen MR) is 170 cm³/mol. The zero-order chi connectivity index (χ0) is 31.0. The number of halogens is 1. The number of benzene rings is 4. The number of alkyl halides is 1. The van der Waals surface area contributed by atoms with Crippen LogP contribution in [0.4, 0.5) is 5.69 Å². The molecule has 2 aliphatic heterocycles. The number of amides is 3. The number of anilines is 1. The Kier molecular flexibility index (Phi) is 6.28. The number of ether oxygens (including phenoxy) is 2. The van der Waals surface area contributed by atoms with Crippen molar-refractivity contribution in [3.05, 3.63) is 94.7 Å². The standard InChI is InChI=1S/C35H28ClN3O6/c1-43-28-14-19-13-25(37-31(19)30(18-11-12-18)32(28)44-2)35(42)38-17-20(16-36)29-22-8-4-3-7-21(22)27(15-26(29)38)45-39-33(40)23-9-5-6-10-24(23)34(39)41/h3-10,13-15,18,20,37H,11-12,16-17H2,1-2H3/t20-/m1/s1.